The molecule has 0 aliphatic carbocycles. The van der Waals surface area contributed by atoms with Crippen LogP contribution in [0.1, 0.15) is 13.8 Å². The molecule has 0 bridgehead atoms. The van der Waals surface area contributed by atoms with E-state index in [0.717, 1.165) is 0 Å². The van der Waals surface area contributed by atoms with Crippen LogP contribution in [0.4, 0.5) is 0 Å². The summed E-state index contributed by atoms with van der Waals surface area (Å²) in [6.07, 6.45) is -2.02. The van der Waals surface area contributed by atoms with Crippen molar-refractivity contribution in [2.24, 2.45) is 0 Å². The minimum absolute atomic E-state index is 0.0342. The molecule has 2 aliphatic rings. The van der Waals surface area contributed by atoms with Gasteiger partial charge in [0.05, 0.1) is 52.9 Å². The van der Waals surface area contributed by atoms with Crippen molar-refractivity contribution in [1.82, 2.24) is 0 Å². The van der Waals surface area contributed by atoms with Crippen LogP contribution < -0.4 is 0 Å². The number of hydrogen-bond acceptors (Lipinski definition) is 12. The molecule has 0 spiro atoms. The minimum Gasteiger partial charge on any atom is -0.394 e. The lowest BCUT2D eigenvalue weighted by molar-refractivity contribution is -0.241. The van der Waals surface area contributed by atoms with E-state index in [-0.39, 0.29) is 38.6 Å². The fraction of sp³-hybridized carbons (Fsp3) is 1.00. The highest BCUT2D eigenvalue weighted by atomic mass is 16.9. The molecule has 6 atom stereocenters. The molecule has 2 aliphatic heterocycles. The first-order chi connectivity index (χ1) is 14.5. The fourth-order valence-electron chi connectivity index (χ4n) is 2.24. The third kappa shape index (κ3) is 12.4. The molecule has 2 heterocycles. The molecule has 12 nitrogen and oxygen atoms in total. The molecule has 6 unspecified atom stereocenters. The van der Waals surface area contributed by atoms with Crippen LogP contribution in [0.15, 0.2) is 0 Å². The Hall–Kier alpha value is -0.480. The molecule has 0 aromatic heterocycles. The van der Waals surface area contributed by atoms with Gasteiger partial charge in [-0.2, -0.15) is 0 Å². The monoisotopic (exact) mass is 444 g/mol. The normalized spacial score (nSPS) is 28.2. The fourth-order valence-corrected chi connectivity index (χ4v) is 2.24. The lowest BCUT2D eigenvalue weighted by atomic mass is 10.4. The van der Waals surface area contributed by atoms with Crippen LogP contribution in [0.5, 0.6) is 0 Å². The van der Waals surface area contributed by atoms with Crippen LogP contribution in [-0.4, -0.2) is 124 Å². The highest BCUT2D eigenvalue weighted by Gasteiger charge is 2.29. The minimum atomic E-state index is -0.916. The second kappa shape index (κ2) is 17.1. The van der Waals surface area contributed by atoms with Crippen molar-refractivity contribution in [3.05, 3.63) is 0 Å². The van der Waals surface area contributed by atoms with Crippen molar-refractivity contribution >= 4 is 0 Å². The Balaban J connectivity index is 0.000000352. The molecule has 30 heavy (non-hydrogen) atoms. The van der Waals surface area contributed by atoms with Gasteiger partial charge in [0, 0.05) is 13.2 Å². The van der Waals surface area contributed by atoms with Gasteiger partial charge in [-0.25, -0.2) is 0 Å². The largest absolute Gasteiger partial charge is 0.394 e. The maximum atomic E-state index is 8.72. The number of hydrogen-bond donors (Lipinski definition) is 4. The summed E-state index contributed by atoms with van der Waals surface area (Å²) in [6.45, 7) is 4.83. The summed E-state index contributed by atoms with van der Waals surface area (Å²) in [5, 5.41) is 34.1. The van der Waals surface area contributed by atoms with Gasteiger partial charge in [0.1, 0.15) is 24.4 Å². The summed E-state index contributed by atoms with van der Waals surface area (Å²) in [6, 6.07) is 0. The Morgan fingerprint density at radius 1 is 0.767 bits per heavy atom. The molecule has 0 aromatic carbocycles. The average Bonchev–Trinajstić information content (AvgIpc) is 3.38. The smallest absolute Gasteiger partial charge is 0.272 e. The molecule has 4 N–H and O–H groups in total. The maximum Gasteiger partial charge on any atom is 0.272 e. The van der Waals surface area contributed by atoms with Crippen molar-refractivity contribution in [3.8, 4) is 0 Å². The van der Waals surface area contributed by atoms with Crippen molar-refractivity contribution < 1.29 is 58.3 Å². The quantitative estimate of drug-likeness (QED) is 0.238. The Morgan fingerprint density at radius 2 is 1.20 bits per heavy atom. The molecule has 2 saturated heterocycles. The number of aliphatic hydroxyl groups excluding tert-OH is 4. The van der Waals surface area contributed by atoms with Crippen molar-refractivity contribution in [3.63, 3.8) is 0 Å². The summed E-state index contributed by atoms with van der Waals surface area (Å²) in [5.74, 6) is 0. The SMILES string of the molecule is CCOC1OCC(COCC2COC(OCC)O2)O1.OCC(O)COCC(O)CO. The van der Waals surface area contributed by atoms with E-state index in [9.17, 15) is 0 Å². The van der Waals surface area contributed by atoms with E-state index in [1.54, 1.807) is 0 Å². The van der Waals surface area contributed by atoms with E-state index in [4.69, 9.17) is 58.3 Å². The van der Waals surface area contributed by atoms with Crippen molar-refractivity contribution in [2.75, 3.05) is 66.1 Å². The van der Waals surface area contributed by atoms with Crippen molar-refractivity contribution in [1.29, 1.82) is 0 Å². The molecule has 0 amide bonds. The highest BCUT2D eigenvalue weighted by molar-refractivity contribution is 4.64. The van der Waals surface area contributed by atoms with Gasteiger partial charge in [-0.3, -0.25) is 0 Å². The van der Waals surface area contributed by atoms with Gasteiger partial charge < -0.3 is 58.3 Å². The van der Waals surface area contributed by atoms with Gasteiger partial charge in [-0.05, 0) is 13.8 Å². The van der Waals surface area contributed by atoms with E-state index >= 15 is 0 Å². The lowest BCUT2D eigenvalue weighted by Gasteiger charge is -2.13. The predicted molar refractivity (Wildman–Crippen MR) is 100 cm³/mol. The Bertz CT molecular complexity index is 367. The van der Waals surface area contributed by atoms with E-state index in [0.29, 0.717) is 39.6 Å². The average molecular weight is 444 g/mol. The molecular formula is C18H36O12. The number of aliphatic hydroxyl groups is 4. The highest BCUT2D eigenvalue weighted by Crippen LogP contribution is 2.15. The molecule has 12 heteroatoms. The van der Waals surface area contributed by atoms with Gasteiger partial charge in [0.15, 0.2) is 0 Å². The Morgan fingerprint density at radius 3 is 1.57 bits per heavy atom. The maximum absolute atomic E-state index is 8.72. The molecule has 0 aromatic rings. The summed E-state index contributed by atoms with van der Waals surface area (Å²) < 4.78 is 42.1. The van der Waals surface area contributed by atoms with Gasteiger partial charge in [0.25, 0.3) is 13.0 Å². The Labute approximate surface area is 176 Å². The molecule has 180 valence electrons. The zero-order valence-electron chi connectivity index (χ0n) is 17.6. The van der Waals surface area contributed by atoms with E-state index in [1.165, 1.54) is 0 Å². The van der Waals surface area contributed by atoms with Crippen LogP contribution in [0, 0.1) is 0 Å². The second-order valence-corrected chi connectivity index (χ2v) is 6.42. The summed E-state index contributed by atoms with van der Waals surface area (Å²) in [4.78, 5) is 0. The number of rotatable bonds is 14. The summed E-state index contributed by atoms with van der Waals surface area (Å²) in [5.41, 5.74) is 0. The second-order valence-electron chi connectivity index (χ2n) is 6.42. The van der Waals surface area contributed by atoms with Crippen LogP contribution >= 0.6 is 0 Å². The van der Waals surface area contributed by atoms with Crippen LogP contribution in [0.25, 0.3) is 0 Å². The van der Waals surface area contributed by atoms with Gasteiger partial charge in [-0.15, -0.1) is 0 Å². The third-order valence-corrected chi connectivity index (χ3v) is 3.70. The molecular weight excluding hydrogens is 408 g/mol. The van der Waals surface area contributed by atoms with E-state index in [2.05, 4.69) is 0 Å². The predicted octanol–water partition coefficient (Wildman–Crippen LogP) is -1.82. The zero-order chi connectivity index (χ0) is 22.2. The lowest BCUT2D eigenvalue weighted by Crippen LogP contribution is -2.25. The topological polar surface area (TPSA) is 155 Å². The van der Waals surface area contributed by atoms with Crippen LogP contribution in [0.3, 0.4) is 0 Å². The van der Waals surface area contributed by atoms with Crippen LogP contribution in [-0.2, 0) is 37.9 Å². The standard InChI is InChI=1S/C12H22O7.C6H14O5/c1-3-14-11-16-7-9(18-11)5-13-6-10-8-17-12(19-10)15-4-2;7-1-5(9)3-11-4-6(10)2-8/h9-12H,3-8H2,1-2H3;5-10H,1-4H2. The molecule has 2 rings (SSSR count). The molecule has 2 fully saturated rings. The molecule has 0 radical (unpaired) electrons. The first kappa shape index (κ1) is 27.6. The van der Waals surface area contributed by atoms with Gasteiger partial charge in [0.2, 0.25) is 0 Å². The Kier molecular flexibility index (Phi) is 15.7. The van der Waals surface area contributed by atoms with Gasteiger partial charge >= 0.3 is 0 Å². The third-order valence-electron chi connectivity index (χ3n) is 3.70. The summed E-state index contributed by atoms with van der Waals surface area (Å²) >= 11 is 0. The first-order valence-electron chi connectivity index (χ1n) is 10.0. The zero-order valence-corrected chi connectivity index (χ0v) is 17.6. The van der Waals surface area contributed by atoms with Crippen molar-refractivity contribution in [2.45, 2.75) is 51.2 Å². The van der Waals surface area contributed by atoms with E-state index in [1.807, 2.05) is 13.8 Å². The van der Waals surface area contributed by atoms with Crippen LogP contribution in [0.2, 0.25) is 0 Å². The number of ether oxygens (including phenoxy) is 8. The van der Waals surface area contributed by atoms with Gasteiger partial charge in [-0.1, -0.05) is 0 Å². The molecule has 0 saturated carbocycles. The first-order valence-corrected chi connectivity index (χ1v) is 10.0. The summed E-state index contributed by atoms with van der Waals surface area (Å²) in [7, 11) is 0. The van der Waals surface area contributed by atoms with E-state index < -0.39 is 25.2 Å².